The van der Waals surface area contributed by atoms with Gasteiger partial charge in [-0.3, -0.25) is 4.79 Å². The molecule has 0 fully saturated rings. The fourth-order valence-electron chi connectivity index (χ4n) is 3.71. The summed E-state index contributed by atoms with van der Waals surface area (Å²) in [6.07, 6.45) is 1.65. The quantitative estimate of drug-likeness (QED) is 0.271. The summed E-state index contributed by atoms with van der Waals surface area (Å²) in [4.78, 5) is 25.9. The van der Waals surface area contributed by atoms with Crippen molar-refractivity contribution in [2.24, 2.45) is 0 Å². The van der Waals surface area contributed by atoms with Crippen LogP contribution in [0.15, 0.2) is 60.4 Å². The topological polar surface area (TPSA) is 80.3 Å². The second kappa shape index (κ2) is 9.70. The lowest BCUT2D eigenvalue weighted by atomic mass is 10.1. The Bertz CT molecular complexity index is 1270. The highest BCUT2D eigenvalue weighted by Crippen LogP contribution is 2.40. The highest BCUT2D eigenvalue weighted by Gasteiger charge is 2.31. The Balaban J connectivity index is 1.65. The van der Waals surface area contributed by atoms with Gasteiger partial charge in [-0.05, 0) is 50.3 Å². The molecule has 0 amide bonds. The predicted molar refractivity (Wildman–Crippen MR) is 126 cm³/mol. The molecular formula is C27H24O7. The van der Waals surface area contributed by atoms with Crippen molar-refractivity contribution in [3.8, 4) is 28.7 Å². The van der Waals surface area contributed by atoms with E-state index in [2.05, 4.69) is 0 Å². The van der Waals surface area contributed by atoms with Gasteiger partial charge in [0.25, 0.3) is 0 Å². The smallest absolute Gasteiger partial charge is 0.351 e. The van der Waals surface area contributed by atoms with E-state index in [4.69, 9.17) is 23.7 Å². The van der Waals surface area contributed by atoms with Gasteiger partial charge in [0, 0.05) is 11.1 Å². The summed E-state index contributed by atoms with van der Waals surface area (Å²) in [6, 6.07) is 15.6. The van der Waals surface area contributed by atoms with E-state index in [1.54, 1.807) is 43.3 Å². The first-order valence-electron chi connectivity index (χ1n) is 10.7. The van der Waals surface area contributed by atoms with Crippen molar-refractivity contribution in [3.05, 3.63) is 82.6 Å². The number of hydrogen-bond acceptors (Lipinski definition) is 7. The summed E-state index contributed by atoms with van der Waals surface area (Å²) < 4.78 is 27.8. The van der Waals surface area contributed by atoms with Crippen LogP contribution in [0.25, 0.3) is 6.08 Å². The van der Waals surface area contributed by atoms with Gasteiger partial charge >= 0.3 is 5.97 Å². The number of benzene rings is 3. The summed E-state index contributed by atoms with van der Waals surface area (Å²) in [5, 5.41) is 0. The van der Waals surface area contributed by atoms with E-state index >= 15 is 0 Å². The van der Waals surface area contributed by atoms with Gasteiger partial charge in [0.2, 0.25) is 5.78 Å². The van der Waals surface area contributed by atoms with Crippen molar-refractivity contribution in [2.45, 2.75) is 13.8 Å². The van der Waals surface area contributed by atoms with Crippen LogP contribution < -0.4 is 23.7 Å². The van der Waals surface area contributed by atoms with E-state index in [0.717, 1.165) is 5.56 Å². The van der Waals surface area contributed by atoms with E-state index in [-0.39, 0.29) is 22.9 Å². The van der Waals surface area contributed by atoms with Crippen LogP contribution >= 0.6 is 0 Å². The van der Waals surface area contributed by atoms with E-state index < -0.39 is 5.97 Å². The Morgan fingerprint density at radius 1 is 0.912 bits per heavy atom. The van der Waals surface area contributed by atoms with Crippen molar-refractivity contribution in [2.75, 3.05) is 20.8 Å². The molecule has 174 valence electrons. The van der Waals surface area contributed by atoms with Crippen LogP contribution in [0.4, 0.5) is 0 Å². The summed E-state index contributed by atoms with van der Waals surface area (Å²) in [6.45, 7) is 4.12. The largest absolute Gasteiger partial charge is 0.496 e. The molecule has 3 aromatic rings. The molecule has 3 aromatic carbocycles. The molecule has 0 saturated carbocycles. The first-order chi connectivity index (χ1) is 16.5. The summed E-state index contributed by atoms with van der Waals surface area (Å²) in [7, 11) is 2.92. The third-order valence-corrected chi connectivity index (χ3v) is 5.38. The van der Waals surface area contributed by atoms with Crippen LogP contribution in [0.2, 0.25) is 0 Å². The SMILES string of the molecule is CCOc1ccccc1/C=C1\Oc2c(ccc(OC(=O)c3c(OC)cccc3OC)c2C)C1=O. The second-order valence-corrected chi connectivity index (χ2v) is 7.40. The lowest BCUT2D eigenvalue weighted by molar-refractivity contribution is 0.0726. The van der Waals surface area contributed by atoms with E-state index in [1.165, 1.54) is 14.2 Å². The average molecular weight is 460 g/mol. The number of allylic oxidation sites excluding steroid dienone is 1. The maximum absolute atomic E-state index is 13.0. The fraction of sp³-hybridized carbons (Fsp3) is 0.185. The molecule has 4 rings (SSSR count). The molecule has 0 atom stereocenters. The molecule has 1 aliphatic rings. The molecule has 0 bridgehead atoms. The Hall–Kier alpha value is -4.26. The number of carbonyl (C=O) groups is 2. The van der Waals surface area contributed by atoms with Gasteiger partial charge in [-0.1, -0.05) is 24.3 Å². The van der Waals surface area contributed by atoms with Crippen molar-refractivity contribution < 1.29 is 33.3 Å². The van der Waals surface area contributed by atoms with E-state index in [0.29, 0.717) is 40.7 Å². The van der Waals surface area contributed by atoms with Gasteiger partial charge in [0.15, 0.2) is 5.76 Å². The number of para-hydroxylation sites is 1. The van der Waals surface area contributed by atoms with Crippen LogP contribution in [0.5, 0.6) is 28.7 Å². The first kappa shape index (κ1) is 22.9. The van der Waals surface area contributed by atoms with Crippen LogP contribution in [-0.4, -0.2) is 32.6 Å². The maximum atomic E-state index is 13.0. The summed E-state index contributed by atoms with van der Waals surface area (Å²) in [5.41, 5.74) is 1.81. The monoisotopic (exact) mass is 460 g/mol. The molecule has 0 aliphatic carbocycles. The Morgan fingerprint density at radius 2 is 1.59 bits per heavy atom. The van der Waals surface area contributed by atoms with Gasteiger partial charge in [-0.2, -0.15) is 0 Å². The highest BCUT2D eigenvalue weighted by atomic mass is 16.5. The number of rotatable bonds is 7. The van der Waals surface area contributed by atoms with Crippen LogP contribution in [0.1, 0.15) is 38.8 Å². The van der Waals surface area contributed by atoms with Crippen molar-refractivity contribution in [1.29, 1.82) is 0 Å². The fourth-order valence-corrected chi connectivity index (χ4v) is 3.71. The van der Waals surface area contributed by atoms with Crippen LogP contribution in [0, 0.1) is 6.92 Å². The van der Waals surface area contributed by atoms with Gasteiger partial charge in [-0.25, -0.2) is 4.79 Å². The highest BCUT2D eigenvalue weighted by molar-refractivity contribution is 6.15. The minimum Gasteiger partial charge on any atom is -0.496 e. The molecule has 0 N–H and O–H groups in total. The molecule has 34 heavy (non-hydrogen) atoms. The molecule has 0 saturated heterocycles. The number of fused-ring (bicyclic) bond motifs is 1. The lowest BCUT2D eigenvalue weighted by Crippen LogP contribution is -2.12. The molecule has 0 radical (unpaired) electrons. The number of esters is 1. The molecule has 0 unspecified atom stereocenters. The molecule has 1 heterocycles. The van der Waals surface area contributed by atoms with Crippen molar-refractivity contribution >= 4 is 17.8 Å². The summed E-state index contributed by atoms with van der Waals surface area (Å²) >= 11 is 0. The third-order valence-electron chi connectivity index (χ3n) is 5.38. The Morgan fingerprint density at radius 3 is 2.26 bits per heavy atom. The normalized spacial score (nSPS) is 13.3. The van der Waals surface area contributed by atoms with Crippen molar-refractivity contribution in [3.63, 3.8) is 0 Å². The zero-order chi connectivity index (χ0) is 24.2. The molecule has 7 nitrogen and oxygen atoms in total. The summed E-state index contributed by atoms with van der Waals surface area (Å²) in [5.74, 6) is 1.18. The number of methoxy groups -OCH3 is 2. The Labute approximate surface area is 197 Å². The van der Waals surface area contributed by atoms with Gasteiger partial charge in [0.1, 0.15) is 34.3 Å². The molecule has 0 aromatic heterocycles. The van der Waals surface area contributed by atoms with Crippen LogP contribution in [0.3, 0.4) is 0 Å². The van der Waals surface area contributed by atoms with Crippen LogP contribution in [-0.2, 0) is 0 Å². The van der Waals surface area contributed by atoms with Gasteiger partial charge < -0.3 is 23.7 Å². The third kappa shape index (κ3) is 4.20. The van der Waals surface area contributed by atoms with E-state index in [1.807, 2.05) is 31.2 Å². The number of ketones is 1. The van der Waals surface area contributed by atoms with E-state index in [9.17, 15) is 9.59 Å². The standard InChI is InChI=1S/C27H24O7/c1-5-32-20-10-7-6-9-17(20)15-23-25(28)18-13-14-19(16(2)26(18)33-23)34-27(29)24-21(30-3)11-8-12-22(24)31-4/h6-15H,5H2,1-4H3/b23-15-. The van der Waals surface area contributed by atoms with Gasteiger partial charge in [0.05, 0.1) is 26.4 Å². The first-order valence-corrected chi connectivity index (χ1v) is 10.7. The maximum Gasteiger partial charge on any atom is 0.351 e. The Kier molecular flexibility index (Phi) is 6.54. The minimum absolute atomic E-state index is 0.164. The molecule has 0 spiro atoms. The van der Waals surface area contributed by atoms with Gasteiger partial charge in [-0.15, -0.1) is 0 Å². The average Bonchev–Trinajstić information content (AvgIpc) is 3.17. The minimum atomic E-state index is -0.650. The zero-order valence-electron chi connectivity index (χ0n) is 19.3. The number of hydrogen-bond donors (Lipinski definition) is 0. The number of ether oxygens (including phenoxy) is 5. The number of carbonyl (C=O) groups excluding carboxylic acids is 2. The lowest BCUT2D eigenvalue weighted by Gasteiger charge is -2.14. The molecular weight excluding hydrogens is 436 g/mol. The molecule has 1 aliphatic heterocycles. The zero-order valence-corrected chi connectivity index (χ0v) is 19.3. The predicted octanol–water partition coefficient (Wildman–Crippen LogP) is 5.25. The number of Topliss-reactive ketones (excluding diaryl/α,β-unsaturated/α-hetero) is 1. The second-order valence-electron chi connectivity index (χ2n) is 7.40. The molecule has 7 heteroatoms. The van der Waals surface area contributed by atoms with Crippen molar-refractivity contribution in [1.82, 2.24) is 0 Å².